The van der Waals surface area contributed by atoms with Crippen molar-refractivity contribution >= 4 is 39.2 Å². The topological polar surface area (TPSA) is 73.3 Å². The molecule has 1 saturated heterocycles. The second-order valence-electron chi connectivity index (χ2n) is 5.37. The number of aryl methyl sites for hydroxylation is 2. The van der Waals surface area contributed by atoms with Crippen molar-refractivity contribution in [2.45, 2.75) is 44.4 Å². The van der Waals surface area contributed by atoms with Crippen molar-refractivity contribution < 1.29 is 14.4 Å². The quantitative estimate of drug-likeness (QED) is 0.506. The number of thiophene rings is 1. The van der Waals surface area contributed by atoms with Crippen molar-refractivity contribution in [2.24, 2.45) is 0 Å². The molecule has 8 heteroatoms. The summed E-state index contributed by atoms with van der Waals surface area (Å²) in [5.41, 5.74) is 3.65. The van der Waals surface area contributed by atoms with E-state index in [9.17, 15) is 4.79 Å². The monoisotopic (exact) mass is 353 g/mol. The Bertz CT molecular complexity index is 699. The Morgan fingerprint density at radius 1 is 1.48 bits per heavy atom. The van der Waals surface area contributed by atoms with E-state index in [0.717, 1.165) is 34.5 Å². The van der Waals surface area contributed by atoms with Crippen molar-refractivity contribution in [3.63, 3.8) is 0 Å². The molecule has 0 radical (unpaired) electrons. The molecule has 23 heavy (non-hydrogen) atoms. The molecule has 124 valence electrons. The highest BCUT2D eigenvalue weighted by atomic mass is 32.2. The first-order chi connectivity index (χ1) is 11.1. The van der Waals surface area contributed by atoms with Crippen LogP contribution in [0.2, 0.25) is 0 Å². The van der Waals surface area contributed by atoms with Gasteiger partial charge in [-0.1, -0.05) is 11.8 Å². The van der Waals surface area contributed by atoms with Gasteiger partial charge in [-0.25, -0.2) is 20.3 Å². The van der Waals surface area contributed by atoms with E-state index in [-0.39, 0.29) is 18.0 Å². The normalized spacial score (nSPS) is 18.3. The number of nitrogens with zero attached hydrogens (tertiary/aromatic N) is 2. The highest BCUT2D eigenvalue weighted by Crippen LogP contribution is 2.34. The van der Waals surface area contributed by atoms with Crippen LogP contribution in [0.15, 0.2) is 11.4 Å². The number of carbonyl (C=O) groups is 1. The van der Waals surface area contributed by atoms with E-state index in [1.165, 1.54) is 22.2 Å². The lowest BCUT2D eigenvalue weighted by atomic mass is 10.2. The molecule has 0 aliphatic carbocycles. The molecule has 1 N–H and O–H groups in total. The fourth-order valence-electron chi connectivity index (χ4n) is 2.36. The molecule has 3 heterocycles. The SMILES string of the molecule is Cc1sc2ncnc(SCC(=O)NOC3CCCCO3)c2c1C. The molecule has 6 nitrogen and oxygen atoms in total. The van der Waals surface area contributed by atoms with Gasteiger partial charge >= 0.3 is 0 Å². The van der Waals surface area contributed by atoms with Crippen LogP contribution >= 0.6 is 23.1 Å². The molecule has 1 unspecified atom stereocenters. The van der Waals surface area contributed by atoms with Crippen molar-refractivity contribution in [2.75, 3.05) is 12.4 Å². The van der Waals surface area contributed by atoms with Gasteiger partial charge in [0, 0.05) is 23.3 Å². The van der Waals surface area contributed by atoms with Crippen molar-refractivity contribution in [3.8, 4) is 0 Å². The number of hydrogen-bond acceptors (Lipinski definition) is 7. The van der Waals surface area contributed by atoms with Gasteiger partial charge in [-0.05, 0) is 32.3 Å². The fourth-order valence-corrected chi connectivity index (χ4v) is 4.26. The molecule has 1 aliphatic heterocycles. The summed E-state index contributed by atoms with van der Waals surface area (Å²) in [6, 6.07) is 0. The summed E-state index contributed by atoms with van der Waals surface area (Å²) >= 11 is 3.04. The molecule has 2 aromatic rings. The van der Waals surface area contributed by atoms with Gasteiger partial charge in [0.2, 0.25) is 0 Å². The lowest BCUT2D eigenvalue weighted by Crippen LogP contribution is -2.34. The van der Waals surface area contributed by atoms with Crippen molar-refractivity contribution in [1.82, 2.24) is 15.4 Å². The Labute approximate surface area is 142 Å². The third kappa shape index (κ3) is 4.00. The maximum Gasteiger partial charge on any atom is 0.254 e. The molecule has 1 fully saturated rings. The fraction of sp³-hybridized carbons (Fsp3) is 0.533. The zero-order valence-corrected chi connectivity index (χ0v) is 14.8. The number of hydroxylamine groups is 1. The summed E-state index contributed by atoms with van der Waals surface area (Å²) in [6.07, 6.45) is 4.14. The van der Waals surface area contributed by atoms with Crippen LogP contribution in [0.4, 0.5) is 0 Å². The minimum atomic E-state index is -0.328. The van der Waals surface area contributed by atoms with E-state index in [0.29, 0.717) is 6.61 Å². The van der Waals surface area contributed by atoms with E-state index < -0.39 is 0 Å². The van der Waals surface area contributed by atoms with E-state index >= 15 is 0 Å². The molecular weight excluding hydrogens is 334 g/mol. The Kier molecular flexibility index (Phi) is 5.47. The largest absolute Gasteiger partial charge is 0.350 e. The Morgan fingerprint density at radius 2 is 2.35 bits per heavy atom. The summed E-state index contributed by atoms with van der Waals surface area (Å²) in [5, 5.41) is 1.88. The number of amides is 1. The predicted molar refractivity (Wildman–Crippen MR) is 90.4 cm³/mol. The van der Waals surface area contributed by atoms with Crippen LogP contribution in [0, 0.1) is 13.8 Å². The Hall–Kier alpha value is -1.22. The van der Waals surface area contributed by atoms with Gasteiger partial charge in [0.15, 0.2) is 6.29 Å². The molecule has 1 atom stereocenters. The van der Waals surface area contributed by atoms with Crippen LogP contribution in [0.1, 0.15) is 29.7 Å². The van der Waals surface area contributed by atoms with Crippen LogP contribution in [0.3, 0.4) is 0 Å². The Balaban J connectivity index is 1.56. The summed E-state index contributed by atoms with van der Waals surface area (Å²) < 4.78 is 5.40. The van der Waals surface area contributed by atoms with Gasteiger partial charge in [0.25, 0.3) is 5.91 Å². The van der Waals surface area contributed by atoms with Crippen LogP contribution in [-0.4, -0.2) is 34.5 Å². The van der Waals surface area contributed by atoms with Crippen molar-refractivity contribution in [1.29, 1.82) is 0 Å². The maximum atomic E-state index is 11.9. The van der Waals surface area contributed by atoms with Gasteiger partial charge in [0.05, 0.1) is 5.75 Å². The first kappa shape index (κ1) is 16.6. The zero-order valence-electron chi connectivity index (χ0n) is 13.1. The Morgan fingerprint density at radius 3 is 3.13 bits per heavy atom. The third-order valence-corrected chi connectivity index (χ3v) is 5.82. The third-order valence-electron chi connectivity index (χ3n) is 3.71. The van der Waals surface area contributed by atoms with Crippen molar-refractivity contribution in [3.05, 3.63) is 16.8 Å². The van der Waals surface area contributed by atoms with Crippen LogP contribution in [0.5, 0.6) is 0 Å². The number of rotatable bonds is 5. The van der Waals surface area contributed by atoms with E-state index in [1.807, 2.05) is 0 Å². The van der Waals surface area contributed by atoms with Gasteiger partial charge in [0.1, 0.15) is 16.2 Å². The van der Waals surface area contributed by atoms with E-state index in [4.69, 9.17) is 9.57 Å². The number of carbonyl (C=O) groups excluding carboxylic acids is 1. The lowest BCUT2D eigenvalue weighted by molar-refractivity contribution is -0.199. The molecule has 2 aromatic heterocycles. The number of fused-ring (bicyclic) bond motifs is 1. The average Bonchev–Trinajstić information content (AvgIpc) is 2.87. The smallest absolute Gasteiger partial charge is 0.254 e. The molecule has 3 rings (SSSR count). The van der Waals surface area contributed by atoms with Crippen LogP contribution in [-0.2, 0) is 14.4 Å². The van der Waals surface area contributed by atoms with E-state index in [2.05, 4.69) is 29.3 Å². The van der Waals surface area contributed by atoms with Gasteiger partial charge in [-0.3, -0.25) is 4.79 Å². The first-order valence-electron chi connectivity index (χ1n) is 7.54. The van der Waals surface area contributed by atoms with Gasteiger partial charge < -0.3 is 4.74 Å². The minimum absolute atomic E-state index is 0.194. The second-order valence-corrected chi connectivity index (χ2v) is 7.54. The molecular formula is C15H19N3O3S2. The van der Waals surface area contributed by atoms with Gasteiger partial charge in [-0.2, -0.15) is 0 Å². The molecule has 1 amide bonds. The number of nitrogens with one attached hydrogen (secondary N) is 1. The summed E-state index contributed by atoms with van der Waals surface area (Å²) in [7, 11) is 0. The summed E-state index contributed by atoms with van der Waals surface area (Å²) in [6.45, 7) is 4.82. The first-order valence-corrected chi connectivity index (χ1v) is 9.35. The highest BCUT2D eigenvalue weighted by Gasteiger charge is 2.17. The molecule has 0 bridgehead atoms. The van der Waals surface area contributed by atoms with Gasteiger partial charge in [-0.15, -0.1) is 11.3 Å². The number of hydrogen-bond donors (Lipinski definition) is 1. The zero-order chi connectivity index (χ0) is 16.2. The number of thioether (sulfide) groups is 1. The lowest BCUT2D eigenvalue weighted by Gasteiger charge is -2.22. The minimum Gasteiger partial charge on any atom is -0.350 e. The molecule has 0 spiro atoms. The van der Waals surface area contributed by atoms with E-state index in [1.54, 1.807) is 17.7 Å². The predicted octanol–water partition coefficient (Wildman–Crippen LogP) is 2.97. The van der Waals surface area contributed by atoms with Crippen LogP contribution in [0.25, 0.3) is 10.2 Å². The van der Waals surface area contributed by atoms with Crippen LogP contribution < -0.4 is 5.48 Å². The standard InChI is InChI=1S/C15H19N3O3S2/c1-9-10(2)23-15-13(9)14(16-8-17-15)22-7-11(19)18-21-12-5-3-4-6-20-12/h8,12H,3-7H2,1-2H3,(H,18,19). The summed E-state index contributed by atoms with van der Waals surface area (Å²) in [5.74, 6) is 0.0493. The molecule has 0 saturated carbocycles. The highest BCUT2D eigenvalue weighted by molar-refractivity contribution is 8.00. The number of ether oxygens (including phenoxy) is 1. The summed E-state index contributed by atoms with van der Waals surface area (Å²) in [4.78, 5) is 28.0. The second kappa shape index (κ2) is 7.57. The molecule has 0 aromatic carbocycles. The average molecular weight is 353 g/mol. The number of aromatic nitrogens is 2. The maximum absolute atomic E-state index is 11.9. The molecule has 1 aliphatic rings.